The number of amides is 1. The number of H-pyrrole nitrogens is 1. The Morgan fingerprint density at radius 3 is 2.50 bits per heavy atom. The molecule has 2 heterocycles. The maximum Gasteiger partial charge on any atom is 0.313 e. The molecule has 1 aromatic heterocycles. The molecule has 2 unspecified atom stereocenters. The number of hydrogen-bond acceptors (Lipinski definition) is 6. The fourth-order valence-electron chi connectivity index (χ4n) is 4.13. The Bertz CT molecular complexity index is 861. The number of benzene rings is 1. The molecule has 0 radical (unpaired) electrons. The molecule has 2 N–H and O–H groups in total. The first-order chi connectivity index (χ1) is 12.3. The van der Waals surface area contributed by atoms with Crippen LogP contribution in [0.2, 0.25) is 0 Å². The van der Waals surface area contributed by atoms with Crippen LogP contribution in [-0.2, 0) is 20.7 Å². The minimum absolute atomic E-state index is 0.260. The Labute approximate surface area is 150 Å². The standard InChI is InChI=1S/C18H21N5O3/c1-16(2)17(3)8-9-18(16,26-15(17)25)14(24)19-12-6-4-11(5-7-12)10-13-20-22-23-21-13/h4-7H,8-10H2,1-3H3,(H,19,24)(H,20,21,22,23). The summed E-state index contributed by atoms with van der Waals surface area (Å²) in [5.41, 5.74) is -0.597. The van der Waals surface area contributed by atoms with Crippen molar-refractivity contribution in [2.45, 2.75) is 45.6 Å². The predicted octanol–water partition coefficient (Wildman–Crippen LogP) is 1.85. The zero-order valence-corrected chi connectivity index (χ0v) is 15.0. The molecule has 1 amide bonds. The van der Waals surface area contributed by atoms with Gasteiger partial charge in [0.25, 0.3) is 5.91 Å². The molecule has 1 aliphatic heterocycles. The van der Waals surface area contributed by atoms with Crippen molar-refractivity contribution in [2.24, 2.45) is 10.8 Å². The number of ether oxygens (including phenoxy) is 1. The quantitative estimate of drug-likeness (QED) is 0.810. The van der Waals surface area contributed by atoms with Gasteiger partial charge in [-0.05, 0) is 47.9 Å². The molecule has 2 fully saturated rings. The van der Waals surface area contributed by atoms with Gasteiger partial charge >= 0.3 is 5.97 Å². The Morgan fingerprint density at radius 1 is 1.23 bits per heavy atom. The number of rotatable bonds is 4. The smallest absolute Gasteiger partial charge is 0.313 e. The number of aromatic amines is 1. The first-order valence-electron chi connectivity index (χ1n) is 8.65. The van der Waals surface area contributed by atoms with E-state index in [1.54, 1.807) is 0 Å². The molecule has 1 aliphatic carbocycles. The lowest BCUT2D eigenvalue weighted by molar-refractivity contribution is -0.165. The van der Waals surface area contributed by atoms with Crippen LogP contribution in [-0.4, -0.2) is 38.1 Å². The van der Waals surface area contributed by atoms with E-state index >= 15 is 0 Å². The molecule has 4 rings (SSSR count). The highest BCUT2D eigenvalue weighted by atomic mass is 16.6. The zero-order valence-electron chi connectivity index (χ0n) is 15.0. The summed E-state index contributed by atoms with van der Waals surface area (Å²) >= 11 is 0. The van der Waals surface area contributed by atoms with Gasteiger partial charge in [0.15, 0.2) is 11.4 Å². The van der Waals surface area contributed by atoms with Crippen molar-refractivity contribution >= 4 is 17.6 Å². The van der Waals surface area contributed by atoms with E-state index in [9.17, 15) is 9.59 Å². The van der Waals surface area contributed by atoms with Crippen LogP contribution in [0.15, 0.2) is 24.3 Å². The van der Waals surface area contributed by atoms with Crippen LogP contribution in [0, 0.1) is 10.8 Å². The summed E-state index contributed by atoms with van der Waals surface area (Å²) in [7, 11) is 0. The number of carbonyl (C=O) groups is 2. The lowest BCUT2D eigenvalue weighted by Gasteiger charge is -2.35. The number of nitrogens with one attached hydrogen (secondary N) is 2. The fraction of sp³-hybridized carbons (Fsp3) is 0.500. The van der Waals surface area contributed by atoms with E-state index < -0.39 is 16.4 Å². The highest BCUT2D eigenvalue weighted by Gasteiger charge is 2.75. The highest BCUT2D eigenvalue weighted by molar-refractivity contribution is 6.03. The maximum atomic E-state index is 13.0. The molecular formula is C18H21N5O3. The third-order valence-electron chi connectivity index (χ3n) is 6.42. The topological polar surface area (TPSA) is 110 Å². The number of carbonyl (C=O) groups excluding carboxylic acids is 2. The van der Waals surface area contributed by atoms with E-state index in [0.717, 1.165) is 5.56 Å². The Kier molecular flexibility index (Phi) is 3.44. The first-order valence-corrected chi connectivity index (χ1v) is 8.65. The summed E-state index contributed by atoms with van der Waals surface area (Å²) in [6.45, 7) is 5.78. The summed E-state index contributed by atoms with van der Waals surface area (Å²) in [5.74, 6) is 0.134. The lowest BCUT2D eigenvalue weighted by Crippen LogP contribution is -2.50. The van der Waals surface area contributed by atoms with Crippen LogP contribution in [0.1, 0.15) is 45.0 Å². The van der Waals surface area contributed by atoms with Crippen LogP contribution in [0.4, 0.5) is 5.69 Å². The third kappa shape index (κ3) is 2.11. The largest absolute Gasteiger partial charge is 0.448 e. The number of nitrogens with zero attached hydrogens (tertiary/aromatic N) is 3. The van der Waals surface area contributed by atoms with Gasteiger partial charge in [0.1, 0.15) is 0 Å². The number of fused-ring (bicyclic) bond motifs is 2. The van der Waals surface area contributed by atoms with Crippen LogP contribution in [0.25, 0.3) is 0 Å². The highest BCUT2D eigenvalue weighted by Crippen LogP contribution is 2.65. The third-order valence-corrected chi connectivity index (χ3v) is 6.42. The number of tetrazole rings is 1. The number of hydrogen-bond donors (Lipinski definition) is 2. The van der Waals surface area contributed by atoms with Crippen LogP contribution in [0.3, 0.4) is 0 Å². The molecule has 8 heteroatoms. The zero-order chi connectivity index (χ0) is 18.6. The second-order valence-electron chi connectivity index (χ2n) is 7.85. The normalized spacial score (nSPS) is 28.8. The van der Waals surface area contributed by atoms with Gasteiger partial charge in [-0.1, -0.05) is 26.0 Å². The van der Waals surface area contributed by atoms with E-state index in [2.05, 4.69) is 25.9 Å². The van der Waals surface area contributed by atoms with Crippen molar-refractivity contribution in [1.29, 1.82) is 0 Å². The molecule has 1 aromatic carbocycles. The van der Waals surface area contributed by atoms with Crippen molar-refractivity contribution in [3.8, 4) is 0 Å². The minimum atomic E-state index is -1.11. The van der Waals surface area contributed by atoms with E-state index in [1.807, 2.05) is 45.0 Å². The molecular weight excluding hydrogens is 334 g/mol. The summed E-state index contributed by atoms with van der Waals surface area (Å²) < 4.78 is 5.62. The second-order valence-corrected chi connectivity index (χ2v) is 7.85. The summed E-state index contributed by atoms with van der Waals surface area (Å²) in [4.78, 5) is 25.3. The van der Waals surface area contributed by atoms with Crippen LogP contribution < -0.4 is 5.32 Å². The average Bonchev–Trinajstić information content (AvgIpc) is 3.21. The molecule has 26 heavy (non-hydrogen) atoms. The Balaban J connectivity index is 1.51. The first kappa shape index (κ1) is 16.7. The Morgan fingerprint density at radius 2 is 1.96 bits per heavy atom. The van der Waals surface area contributed by atoms with E-state index in [4.69, 9.17) is 4.74 Å². The van der Waals surface area contributed by atoms with Gasteiger partial charge in [-0.2, -0.15) is 0 Å². The number of aromatic nitrogens is 4. The molecule has 2 aromatic rings. The van der Waals surface area contributed by atoms with Gasteiger partial charge < -0.3 is 10.1 Å². The minimum Gasteiger partial charge on any atom is -0.448 e. The fourth-order valence-corrected chi connectivity index (χ4v) is 4.13. The summed E-state index contributed by atoms with van der Waals surface area (Å²) in [6.07, 6.45) is 1.79. The molecule has 8 nitrogen and oxygen atoms in total. The van der Waals surface area contributed by atoms with Gasteiger partial charge in [-0.3, -0.25) is 9.59 Å². The monoisotopic (exact) mass is 355 g/mol. The molecule has 136 valence electrons. The van der Waals surface area contributed by atoms with Crippen molar-refractivity contribution in [2.75, 3.05) is 5.32 Å². The van der Waals surface area contributed by atoms with Gasteiger partial charge in [0.2, 0.25) is 0 Å². The molecule has 2 aliphatic rings. The van der Waals surface area contributed by atoms with Crippen molar-refractivity contribution < 1.29 is 14.3 Å². The molecule has 2 bridgehead atoms. The Hall–Kier alpha value is -2.77. The van der Waals surface area contributed by atoms with E-state index in [-0.39, 0.29) is 11.9 Å². The lowest BCUT2D eigenvalue weighted by atomic mass is 9.66. The van der Waals surface area contributed by atoms with Gasteiger partial charge in [0.05, 0.1) is 5.41 Å². The molecule has 2 atom stereocenters. The molecule has 1 saturated heterocycles. The van der Waals surface area contributed by atoms with Crippen molar-refractivity contribution in [3.05, 3.63) is 35.7 Å². The summed E-state index contributed by atoms with van der Waals surface area (Å²) in [6, 6.07) is 7.46. The summed E-state index contributed by atoms with van der Waals surface area (Å²) in [5, 5.41) is 16.6. The molecule has 0 spiro atoms. The van der Waals surface area contributed by atoms with E-state index in [0.29, 0.717) is 30.8 Å². The van der Waals surface area contributed by atoms with Crippen LogP contribution >= 0.6 is 0 Å². The SMILES string of the molecule is CC12CCC(C(=O)Nc3ccc(Cc4nnn[nH]4)cc3)(OC1=O)C2(C)C. The van der Waals surface area contributed by atoms with Gasteiger partial charge in [-0.25, -0.2) is 5.10 Å². The number of anilines is 1. The van der Waals surface area contributed by atoms with E-state index in [1.165, 1.54) is 0 Å². The number of esters is 1. The predicted molar refractivity (Wildman–Crippen MR) is 92.0 cm³/mol. The van der Waals surface area contributed by atoms with Gasteiger partial charge in [-0.15, -0.1) is 5.10 Å². The van der Waals surface area contributed by atoms with Crippen LogP contribution in [0.5, 0.6) is 0 Å². The average molecular weight is 355 g/mol. The van der Waals surface area contributed by atoms with Gasteiger partial charge in [0, 0.05) is 17.5 Å². The van der Waals surface area contributed by atoms with Crippen molar-refractivity contribution in [3.63, 3.8) is 0 Å². The van der Waals surface area contributed by atoms with Crippen molar-refractivity contribution in [1.82, 2.24) is 20.6 Å². The maximum absolute atomic E-state index is 13.0. The second kappa shape index (κ2) is 5.36. The molecule has 1 saturated carbocycles.